The highest BCUT2D eigenvalue weighted by Gasteiger charge is 2.53. The lowest BCUT2D eigenvalue weighted by Crippen LogP contribution is -2.39. The van der Waals surface area contributed by atoms with Gasteiger partial charge in [0.2, 0.25) is 5.91 Å². The highest BCUT2D eigenvalue weighted by atomic mass is 19.3. The van der Waals surface area contributed by atoms with Crippen molar-refractivity contribution >= 4 is 11.9 Å². The second kappa shape index (κ2) is 10.2. The first kappa shape index (κ1) is 26.8. The maximum Gasteiger partial charge on any atom is 0.586 e. The molecule has 0 saturated heterocycles. The van der Waals surface area contributed by atoms with E-state index in [1.54, 1.807) is 42.5 Å². The number of carbonyl (C=O) groups is 2. The van der Waals surface area contributed by atoms with Crippen molar-refractivity contribution in [3.63, 3.8) is 0 Å². The summed E-state index contributed by atoms with van der Waals surface area (Å²) in [6.45, 7) is -0.771. The first-order valence-corrected chi connectivity index (χ1v) is 13.1. The zero-order valence-corrected chi connectivity index (χ0v) is 22.0. The van der Waals surface area contributed by atoms with Gasteiger partial charge in [0.15, 0.2) is 11.5 Å². The van der Waals surface area contributed by atoms with Crippen LogP contribution in [0.3, 0.4) is 0 Å². The molecule has 0 radical (unpaired) electrons. The summed E-state index contributed by atoms with van der Waals surface area (Å²) < 4.78 is 65.5. The maximum atomic E-state index is 13.8. The van der Waals surface area contributed by atoms with E-state index in [2.05, 4.69) is 14.8 Å². The van der Waals surface area contributed by atoms with Crippen LogP contribution in [0.15, 0.2) is 60.7 Å². The molecule has 1 saturated carbocycles. The Morgan fingerprint density at radius 3 is 2.56 bits per heavy atom. The Morgan fingerprint density at radius 1 is 1.00 bits per heavy atom. The number of ether oxygens (including phenoxy) is 5. The molecule has 6 rings (SSSR count). The molecule has 3 aliphatic rings. The molecule has 2 aliphatic heterocycles. The van der Waals surface area contributed by atoms with Crippen LogP contribution in [0.2, 0.25) is 0 Å². The van der Waals surface area contributed by atoms with Crippen LogP contribution in [0.4, 0.5) is 13.2 Å². The van der Waals surface area contributed by atoms with E-state index >= 15 is 0 Å². The van der Waals surface area contributed by atoms with Gasteiger partial charge in [0.05, 0.1) is 24.1 Å². The monoisotopic (exact) mass is 569 g/mol. The number of alkyl halides is 3. The fourth-order valence-corrected chi connectivity index (χ4v) is 5.33. The van der Waals surface area contributed by atoms with Gasteiger partial charge in [-0.3, -0.25) is 4.79 Å². The second-order valence-corrected chi connectivity index (χ2v) is 10.1. The predicted octanol–water partition coefficient (Wildman–Crippen LogP) is 5.56. The van der Waals surface area contributed by atoms with Crippen molar-refractivity contribution in [1.29, 1.82) is 0 Å². The third kappa shape index (κ3) is 5.12. The van der Waals surface area contributed by atoms with Crippen molar-refractivity contribution in [2.45, 2.75) is 43.1 Å². The molecule has 214 valence electrons. The number of benzene rings is 3. The number of amides is 1. The minimum Gasteiger partial charge on any atom is -0.491 e. The van der Waals surface area contributed by atoms with Gasteiger partial charge in [-0.15, -0.1) is 8.78 Å². The molecule has 1 amide bonds. The number of rotatable bonds is 8. The SMILES string of the molecule is COC(=O)c1cccc([C@H]2C[C@@H](NC(=O)C3(c4ccc5c(c4)OC(F)(F)O5)CC3)c3ccc(OCCF)cc3O2)c1. The Morgan fingerprint density at radius 2 is 1.80 bits per heavy atom. The number of hydrogen-bond donors (Lipinski definition) is 1. The molecule has 41 heavy (non-hydrogen) atoms. The number of fused-ring (bicyclic) bond motifs is 2. The number of hydrogen-bond acceptors (Lipinski definition) is 7. The molecule has 1 aliphatic carbocycles. The number of nitrogens with one attached hydrogen (secondary N) is 1. The predicted molar refractivity (Wildman–Crippen MR) is 138 cm³/mol. The molecular weight excluding hydrogens is 543 g/mol. The quantitative estimate of drug-likeness (QED) is 0.356. The third-order valence-electron chi connectivity index (χ3n) is 7.55. The second-order valence-electron chi connectivity index (χ2n) is 10.1. The molecule has 8 nitrogen and oxygen atoms in total. The summed E-state index contributed by atoms with van der Waals surface area (Å²) in [5, 5.41) is 3.14. The van der Waals surface area contributed by atoms with E-state index in [0.717, 1.165) is 0 Å². The Hall–Kier alpha value is -4.41. The third-order valence-corrected chi connectivity index (χ3v) is 7.55. The van der Waals surface area contributed by atoms with Gasteiger partial charge in [0.25, 0.3) is 0 Å². The van der Waals surface area contributed by atoms with Gasteiger partial charge in [-0.2, -0.15) is 0 Å². The summed E-state index contributed by atoms with van der Waals surface area (Å²) in [5.41, 5.74) is 1.40. The molecule has 3 aromatic rings. The van der Waals surface area contributed by atoms with E-state index in [4.69, 9.17) is 14.2 Å². The van der Waals surface area contributed by atoms with Crippen LogP contribution in [0, 0.1) is 0 Å². The smallest absolute Gasteiger partial charge is 0.491 e. The molecular formula is C30H26F3NO7. The van der Waals surface area contributed by atoms with Gasteiger partial charge in [0, 0.05) is 18.1 Å². The van der Waals surface area contributed by atoms with Crippen molar-refractivity contribution < 1.29 is 46.4 Å². The van der Waals surface area contributed by atoms with Crippen molar-refractivity contribution in [3.8, 4) is 23.0 Å². The lowest BCUT2D eigenvalue weighted by molar-refractivity contribution is -0.286. The van der Waals surface area contributed by atoms with Gasteiger partial charge in [-0.1, -0.05) is 18.2 Å². The fourth-order valence-electron chi connectivity index (χ4n) is 5.33. The molecule has 3 aromatic carbocycles. The van der Waals surface area contributed by atoms with Gasteiger partial charge in [0.1, 0.15) is 30.9 Å². The first-order valence-electron chi connectivity index (χ1n) is 13.1. The van der Waals surface area contributed by atoms with Crippen molar-refractivity contribution in [3.05, 3.63) is 82.9 Å². The summed E-state index contributed by atoms with van der Waals surface area (Å²) >= 11 is 0. The molecule has 0 bridgehead atoms. The Balaban J connectivity index is 1.29. The van der Waals surface area contributed by atoms with Crippen molar-refractivity contribution in [1.82, 2.24) is 5.32 Å². The Bertz CT molecular complexity index is 1510. The minimum absolute atomic E-state index is 0.0869. The van der Waals surface area contributed by atoms with Gasteiger partial charge in [-0.25, -0.2) is 9.18 Å². The van der Waals surface area contributed by atoms with E-state index in [9.17, 15) is 22.8 Å². The van der Waals surface area contributed by atoms with Crippen LogP contribution in [-0.4, -0.2) is 38.6 Å². The summed E-state index contributed by atoms with van der Waals surface area (Å²) in [7, 11) is 1.30. The van der Waals surface area contributed by atoms with Crippen LogP contribution in [-0.2, 0) is 14.9 Å². The van der Waals surface area contributed by atoms with Crippen LogP contribution in [0.5, 0.6) is 23.0 Å². The molecule has 11 heteroatoms. The average Bonchev–Trinajstić information content (AvgIpc) is 3.72. The molecule has 2 atom stereocenters. The van der Waals surface area contributed by atoms with Crippen LogP contribution in [0.25, 0.3) is 0 Å². The lowest BCUT2D eigenvalue weighted by atomic mass is 9.90. The number of methoxy groups -OCH3 is 1. The summed E-state index contributed by atoms with van der Waals surface area (Å²) in [5.74, 6) is -0.106. The lowest BCUT2D eigenvalue weighted by Gasteiger charge is -2.34. The zero-order chi connectivity index (χ0) is 28.8. The van der Waals surface area contributed by atoms with Crippen LogP contribution < -0.4 is 24.3 Å². The van der Waals surface area contributed by atoms with Crippen LogP contribution >= 0.6 is 0 Å². The van der Waals surface area contributed by atoms with E-state index in [1.165, 1.54) is 19.2 Å². The molecule has 0 aromatic heterocycles. The maximum absolute atomic E-state index is 13.8. The molecule has 0 unspecified atom stereocenters. The number of halogens is 3. The Labute approximate surface area is 233 Å². The van der Waals surface area contributed by atoms with E-state index in [1.807, 2.05) is 6.07 Å². The van der Waals surface area contributed by atoms with Gasteiger partial charge >= 0.3 is 12.3 Å². The first-order chi connectivity index (χ1) is 19.7. The normalized spacial score (nSPS) is 20.8. The molecule has 1 fully saturated rings. The molecule has 1 N–H and O–H groups in total. The van der Waals surface area contributed by atoms with E-state index in [-0.39, 0.29) is 24.0 Å². The van der Waals surface area contributed by atoms with Crippen LogP contribution in [0.1, 0.15) is 58.5 Å². The fraction of sp³-hybridized carbons (Fsp3) is 0.333. The summed E-state index contributed by atoms with van der Waals surface area (Å²) in [4.78, 5) is 25.9. The van der Waals surface area contributed by atoms with Crippen molar-refractivity contribution in [2.75, 3.05) is 20.4 Å². The largest absolute Gasteiger partial charge is 0.586 e. The molecule has 0 spiro atoms. The topological polar surface area (TPSA) is 92.3 Å². The number of carbonyl (C=O) groups excluding carboxylic acids is 2. The van der Waals surface area contributed by atoms with E-state index in [0.29, 0.717) is 53.0 Å². The molecule has 2 heterocycles. The average molecular weight is 570 g/mol. The highest BCUT2D eigenvalue weighted by molar-refractivity contribution is 5.92. The summed E-state index contributed by atoms with van der Waals surface area (Å²) in [6.07, 6.45) is -2.88. The summed E-state index contributed by atoms with van der Waals surface area (Å²) in [6, 6.07) is 15.8. The van der Waals surface area contributed by atoms with E-state index < -0.39 is 36.5 Å². The Kier molecular flexibility index (Phi) is 6.67. The standard InChI is InChI=1S/C30H26F3NO7/c1-37-27(35)18-4-2-3-17(13-18)24-16-22(21-7-6-20(38-12-11-31)15-25(21)39-24)34-28(36)29(9-10-29)19-5-8-23-26(14-19)41-30(32,33)40-23/h2-8,13-15,22,24H,9-12,16H2,1H3,(H,34,36)/t22-,24-/m1/s1. The van der Waals surface area contributed by atoms with Crippen molar-refractivity contribution in [2.24, 2.45) is 0 Å². The zero-order valence-electron chi connectivity index (χ0n) is 22.0. The minimum atomic E-state index is -3.75. The number of esters is 1. The van der Waals surface area contributed by atoms with Gasteiger partial charge < -0.3 is 29.0 Å². The highest BCUT2D eigenvalue weighted by Crippen LogP contribution is 2.53. The van der Waals surface area contributed by atoms with Gasteiger partial charge in [-0.05, 0) is 60.4 Å².